The fourth-order valence-electron chi connectivity index (χ4n) is 3.54. The van der Waals surface area contributed by atoms with E-state index in [1.165, 1.54) is 12.1 Å². The molecule has 0 saturated heterocycles. The van der Waals surface area contributed by atoms with Gasteiger partial charge in [0.1, 0.15) is 5.82 Å². The standard InChI is InChI=1S/C18H24FNO2/c19-15-7-5-6-14(12-15)18(10-11-18)16(21)20-13-17(22)8-3-1-2-4-9-17/h5-7,12,22H,1-4,8-11,13H2,(H,20,21). The minimum Gasteiger partial charge on any atom is -0.388 e. The lowest BCUT2D eigenvalue weighted by molar-refractivity contribution is -0.125. The summed E-state index contributed by atoms with van der Waals surface area (Å²) in [4.78, 5) is 12.6. The molecule has 2 N–H and O–H groups in total. The van der Waals surface area contributed by atoms with Gasteiger partial charge in [-0.15, -0.1) is 0 Å². The number of halogens is 1. The summed E-state index contributed by atoms with van der Waals surface area (Å²) < 4.78 is 13.4. The number of carbonyl (C=O) groups excluding carboxylic acids is 1. The van der Waals surface area contributed by atoms with E-state index in [0.29, 0.717) is 6.54 Å². The van der Waals surface area contributed by atoms with Gasteiger partial charge in [0.05, 0.1) is 11.0 Å². The summed E-state index contributed by atoms with van der Waals surface area (Å²) in [5, 5.41) is 13.6. The molecule has 2 fully saturated rings. The third kappa shape index (κ3) is 3.17. The molecule has 22 heavy (non-hydrogen) atoms. The summed E-state index contributed by atoms with van der Waals surface area (Å²) in [5.41, 5.74) is -0.606. The Kier molecular flexibility index (Phi) is 4.22. The Morgan fingerprint density at radius 2 is 1.82 bits per heavy atom. The number of hydrogen-bond acceptors (Lipinski definition) is 2. The quantitative estimate of drug-likeness (QED) is 0.840. The predicted octanol–water partition coefficient (Wildman–Crippen LogP) is 3.06. The van der Waals surface area contributed by atoms with Crippen LogP contribution in [0.3, 0.4) is 0 Å². The lowest BCUT2D eigenvalue weighted by Gasteiger charge is -2.28. The van der Waals surface area contributed by atoms with Crippen molar-refractivity contribution >= 4 is 5.91 Å². The zero-order valence-electron chi connectivity index (χ0n) is 12.9. The van der Waals surface area contributed by atoms with Crippen molar-refractivity contribution in [1.29, 1.82) is 0 Å². The first-order chi connectivity index (χ1) is 10.5. The van der Waals surface area contributed by atoms with E-state index in [9.17, 15) is 14.3 Å². The highest BCUT2D eigenvalue weighted by molar-refractivity contribution is 5.91. The third-order valence-corrected chi connectivity index (χ3v) is 5.17. The molecule has 0 atom stereocenters. The van der Waals surface area contributed by atoms with Crippen molar-refractivity contribution in [3.05, 3.63) is 35.6 Å². The van der Waals surface area contributed by atoms with Gasteiger partial charge in [0.15, 0.2) is 0 Å². The van der Waals surface area contributed by atoms with E-state index in [0.717, 1.165) is 56.9 Å². The van der Waals surface area contributed by atoms with Crippen LogP contribution in [0.25, 0.3) is 0 Å². The normalized spacial score (nSPS) is 22.6. The monoisotopic (exact) mass is 305 g/mol. The molecule has 0 spiro atoms. The fourth-order valence-corrected chi connectivity index (χ4v) is 3.54. The first-order valence-corrected chi connectivity index (χ1v) is 8.31. The van der Waals surface area contributed by atoms with Crippen LogP contribution < -0.4 is 5.32 Å². The molecule has 3 nitrogen and oxygen atoms in total. The van der Waals surface area contributed by atoms with E-state index < -0.39 is 11.0 Å². The van der Waals surface area contributed by atoms with E-state index in [4.69, 9.17) is 0 Å². The van der Waals surface area contributed by atoms with Crippen molar-refractivity contribution in [2.75, 3.05) is 6.54 Å². The van der Waals surface area contributed by atoms with Crippen molar-refractivity contribution in [2.24, 2.45) is 0 Å². The average Bonchev–Trinajstić information content (AvgIpc) is 3.31. The zero-order valence-corrected chi connectivity index (χ0v) is 12.9. The number of nitrogens with one attached hydrogen (secondary N) is 1. The van der Waals surface area contributed by atoms with Crippen molar-refractivity contribution in [2.45, 2.75) is 62.4 Å². The number of aliphatic hydroxyl groups is 1. The molecule has 2 saturated carbocycles. The van der Waals surface area contributed by atoms with E-state index in [-0.39, 0.29) is 11.7 Å². The number of amides is 1. The van der Waals surface area contributed by atoms with Crippen molar-refractivity contribution in [1.82, 2.24) is 5.32 Å². The van der Waals surface area contributed by atoms with Crippen LogP contribution in [0.5, 0.6) is 0 Å². The minimum absolute atomic E-state index is 0.0734. The average molecular weight is 305 g/mol. The molecule has 0 aliphatic heterocycles. The number of hydrogen-bond donors (Lipinski definition) is 2. The fraction of sp³-hybridized carbons (Fsp3) is 0.611. The minimum atomic E-state index is -0.774. The first kappa shape index (κ1) is 15.5. The maximum absolute atomic E-state index is 13.4. The van der Waals surface area contributed by atoms with Crippen LogP contribution in [-0.4, -0.2) is 23.2 Å². The topological polar surface area (TPSA) is 49.3 Å². The van der Waals surface area contributed by atoms with Crippen molar-refractivity contribution < 1.29 is 14.3 Å². The summed E-state index contributed by atoms with van der Waals surface area (Å²) in [6, 6.07) is 6.31. The van der Waals surface area contributed by atoms with Crippen LogP contribution >= 0.6 is 0 Å². The van der Waals surface area contributed by atoms with Crippen LogP contribution in [-0.2, 0) is 10.2 Å². The first-order valence-electron chi connectivity index (χ1n) is 8.31. The Balaban J connectivity index is 1.64. The summed E-state index contributed by atoms with van der Waals surface area (Å²) >= 11 is 0. The van der Waals surface area contributed by atoms with Gasteiger partial charge >= 0.3 is 0 Å². The van der Waals surface area contributed by atoms with E-state index in [1.807, 2.05) is 6.07 Å². The second-order valence-corrected chi connectivity index (χ2v) is 6.91. The van der Waals surface area contributed by atoms with Gasteiger partial charge in [-0.3, -0.25) is 4.79 Å². The third-order valence-electron chi connectivity index (χ3n) is 5.17. The number of carbonyl (C=O) groups is 1. The Morgan fingerprint density at radius 1 is 1.14 bits per heavy atom. The van der Waals surface area contributed by atoms with Gasteiger partial charge in [-0.05, 0) is 43.4 Å². The SMILES string of the molecule is O=C(NCC1(O)CCCCCC1)C1(c2cccc(F)c2)CC1. The van der Waals surface area contributed by atoms with Gasteiger partial charge < -0.3 is 10.4 Å². The Labute approximate surface area is 130 Å². The van der Waals surface area contributed by atoms with Gasteiger partial charge in [0, 0.05) is 6.54 Å². The summed E-state index contributed by atoms with van der Waals surface area (Å²) in [7, 11) is 0. The van der Waals surface area contributed by atoms with E-state index >= 15 is 0 Å². The second-order valence-electron chi connectivity index (χ2n) is 6.91. The maximum atomic E-state index is 13.4. The van der Waals surface area contributed by atoms with Crippen LogP contribution in [0.2, 0.25) is 0 Å². The molecule has 0 radical (unpaired) electrons. The highest BCUT2D eigenvalue weighted by Crippen LogP contribution is 2.48. The molecule has 4 heteroatoms. The molecule has 0 heterocycles. The molecule has 2 aliphatic carbocycles. The number of benzene rings is 1. The molecule has 1 aromatic carbocycles. The molecule has 3 rings (SSSR count). The largest absolute Gasteiger partial charge is 0.388 e. The summed E-state index contributed by atoms with van der Waals surface area (Å²) in [6.45, 7) is 0.308. The van der Waals surface area contributed by atoms with Gasteiger partial charge in [-0.2, -0.15) is 0 Å². The molecule has 2 aliphatic rings. The van der Waals surface area contributed by atoms with Gasteiger partial charge in [-0.1, -0.05) is 37.8 Å². The molecular formula is C18H24FNO2. The molecule has 120 valence electrons. The lowest BCUT2D eigenvalue weighted by atomic mass is 9.92. The van der Waals surface area contributed by atoms with Crippen LogP contribution in [0.15, 0.2) is 24.3 Å². The Morgan fingerprint density at radius 3 is 2.41 bits per heavy atom. The van der Waals surface area contributed by atoms with Crippen LogP contribution in [0.1, 0.15) is 56.9 Å². The Bertz CT molecular complexity index is 546. The van der Waals surface area contributed by atoms with E-state index in [1.54, 1.807) is 6.07 Å². The lowest BCUT2D eigenvalue weighted by Crippen LogP contribution is -2.45. The molecular weight excluding hydrogens is 281 g/mol. The van der Waals surface area contributed by atoms with Gasteiger partial charge in [0.25, 0.3) is 0 Å². The zero-order chi connectivity index (χ0) is 15.6. The molecule has 0 bridgehead atoms. The highest BCUT2D eigenvalue weighted by Gasteiger charge is 2.51. The molecule has 1 amide bonds. The highest BCUT2D eigenvalue weighted by atomic mass is 19.1. The Hall–Kier alpha value is -1.42. The second kappa shape index (κ2) is 5.99. The van der Waals surface area contributed by atoms with E-state index in [2.05, 4.69) is 5.32 Å². The molecule has 0 unspecified atom stereocenters. The van der Waals surface area contributed by atoms with Crippen molar-refractivity contribution in [3.8, 4) is 0 Å². The summed E-state index contributed by atoms with van der Waals surface area (Å²) in [6.07, 6.45) is 7.34. The number of rotatable bonds is 4. The van der Waals surface area contributed by atoms with Crippen molar-refractivity contribution in [3.63, 3.8) is 0 Å². The van der Waals surface area contributed by atoms with Crippen LogP contribution in [0.4, 0.5) is 4.39 Å². The smallest absolute Gasteiger partial charge is 0.230 e. The van der Waals surface area contributed by atoms with Crippen LogP contribution in [0, 0.1) is 5.82 Å². The predicted molar refractivity (Wildman–Crippen MR) is 83.0 cm³/mol. The maximum Gasteiger partial charge on any atom is 0.230 e. The van der Waals surface area contributed by atoms with Gasteiger partial charge in [-0.25, -0.2) is 4.39 Å². The molecule has 1 aromatic rings. The summed E-state index contributed by atoms with van der Waals surface area (Å²) in [5.74, 6) is -0.380. The molecule has 0 aromatic heterocycles. The van der Waals surface area contributed by atoms with Gasteiger partial charge in [0.2, 0.25) is 5.91 Å².